The van der Waals surface area contributed by atoms with Crippen LogP contribution in [0.4, 0.5) is 0 Å². The Hall–Kier alpha value is -4.05. The van der Waals surface area contributed by atoms with E-state index in [1.165, 1.54) is 12.0 Å². The van der Waals surface area contributed by atoms with Gasteiger partial charge in [0.25, 0.3) is 0 Å². The first-order valence-electron chi connectivity index (χ1n) is 13.4. The van der Waals surface area contributed by atoms with Crippen LogP contribution >= 0.6 is 0 Å². The first-order chi connectivity index (χ1) is 18.6. The molecule has 1 saturated carbocycles. The minimum atomic E-state index is -0.847. The number of methoxy groups -OCH3 is 1. The third kappa shape index (κ3) is 4.34. The molecule has 1 aliphatic heterocycles. The lowest BCUT2D eigenvalue weighted by molar-refractivity contribution is 0.0210. The van der Waals surface area contributed by atoms with Crippen molar-refractivity contribution in [1.82, 2.24) is 0 Å². The second kappa shape index (κ2) is 10.0. The highest BCUT2D eigenvalue weighted by Gasteiger charge is 2.39. The Morgan fingerprint density at radius 3 is 2.37 bits per heavy atom. The normalized spacial score (nSPS) is 19.0. The molecular weight excluding hydrogens is 472 g/mol. The predicted molar refractivity (Wildman–Crippen MR) is 151 cm³/mol. The molecule has 192 valence electrons. The minimum Gasteiger partial charge on any atom is -0.497 e. The van der Waals surface area contributed by atoms with Crippen molar-refractivity contribution in [3.8, 4) is 11.5 Å². The molecule has 1 heterocycles. The number of ether oxygens (including phenoxy) is 3. The molecule has 0 radical (unpaired) electrons. The van der Waals surface area contributed by atoms with Crippen molar-refractivity contribution in [1.29, 1.82) is 0 Å². The number of aryl methyl sites for hydroxylation is 1. The first kappa shape index (κ1) is 24.3. The highest BCUT2D eigenvalue weighted by atomic mass is 16.5. The summed E-state index contributed by atoms with van der Waals surface area (Å²) in [4.78, 5) is 13.6. The zero-order chi connectivity index (χ0) is 26.1. The van der Waals surface area contributed by atoms with Gasteiger partial charge < -0.3 is 14.2 Å². The van der Waals surface area contributed by atoms with E-state index in [9.17, 15) is 4.79 Å². The molecule has 2 aliphatic rings. The molecule has 4 heteroatoms. The first-order valence-corrected chi connectivity index (χ1v) is 13.4. The fraction of sp³-hybridized carbons (Fsp3) is 0.265. The molecular formula is C34H32O4. The largest absolute Gasteiger partial charge is 0.497 e. The zero-order valence-electron chi connectivity index (χ0n) is 21.9. The maximum atomic E-state index is 13.6. The third-order valence-corrected chi connectivity index (χ3v) is 7.81. The van der Waals surface area contributed by atoms with Crippen LogP contribution in [0.1, 0.15) is 64.7 Å². The lowest BCUT2D eigenvalue weighted by Gasteiger charge is -2.37. The summed E-state index contributed by atoms with van der Waals surface area (Å²) in [6.07, 6.45) is 9.33. The molecule has 0 N–H and O–H groups in total. The number of rotatable bonds is 5. The van der Waals surface area contributed by atoms with Crippen molar-refractivity contribution in [2.75, 3.05) is 7.11 Å². The summed E-state index contributed by atoms with van der Waals surface area (Å²) >= 11 is 0. The molecule has 0 amide bonds. The molecule has 0 spiro atoms. The van der Waals surface area contributed by atoms with Crippen LogP contribution in [0.5, 0.6) is 11.5 Å². The molecule has 4 aromatic rings. The van der Waals surface area contributed by atoms with E-state index in [0.29, 0.717) is 11.3 Å². The summed E-state index contributed by atoms with van der Waals surface area (Å²) in [5, 5.41) is 1.80. The van der Waals surface area contributed by atoms with E-state index in [0.717, 1.165) is 58.9 Å². The number of hydrogen-bond donors (Lipinski definition) is 0. The Kier molecular flexibility index (Phi) is 6.40. The fourth-order valence-electron chi connectivity index (χ4n) is 5.70. The topological polar surface area (TPSA) is 44.8 Å². The van der Waals surface area contributed by atoms with Crippen molar-refractivity contribution >= 4 is 22.8 Å². The van der Waals surface area contributed by atoms with Crippen LogP contribution < -0.4 is 9.47 Å². The summed E-state index contributed by atoms with van der Waals surface area (Å²) < 4.78 is 18.6. The monoisotopic (exact) mass is 504 g/mol. The van der Waals surface area contributed by atoms with Crippen molar-refractivity contribution in [2.45, 2.75) is 50.7 Å². The maximum absolute atomic E-state index is 13.6. The van der Waals surface area contributed by atoms with Gasteiger partial charge in [-0.1, -0.05) is 66.6 Å². The summed E-state index contributed by atoms with van der Waals surface area (Å²) in [6.45, 7) is 2.08. The summed E-state index contributed by atoms with van der Waals surface area (Å²) in [7, 11) is 1.65. The number of carbonyl (C=O) groups excluding carboxylic acids is 1. The van der Waals surface area contributed by atoms with Gasteiger partial charge in [0.1, 0.15) is 17.6 Å². The lowest BCUT2D eigenvalue weighted by atomic mass is 9.82. The van der Waals surface area contributed by atoms with E-state index in [1.54, 1.807) is 7.11 Å². The molecule has 0 bridgehead atoms. The van der Waals surface area contributed by atoms with Gasteiger partial charge in [-0.2, -0.15) is 0 Å². The van der Waals surface area contributed by atoms with Gasteiger partial charge in [0.2, 0.25) is 0 Å². The van der Waals surface area contributed by atoms with Crippen LogP contribution in [-0.4, -0.2) is 19.2 Å². The Bertz CT molecular complexity index is 1500. The highest BCUT2D eigenvalue weighted by Crippen LogP contribution is 2.47. The third-order valence-electron chi connectivity index (χ3n) is 7.81. The van der Waals surface area contributed by atoms with Crippen LogP contribution in [0.25, 0.3) is 16.8 Å². The lowest BCUT2D eigenvalue weighted by Crippen LogP contribution is -2.34. The van der Waals surface area contributed by atoms with Gasteiger partial charge in [-0.3, -0.25) is 0 Å². The zero-order valence-corrected chi connectivity index (χ0v) is 21.9. The van der Waals surface area contributed by atoms with E-state index < -0.39 is 5.60 Å². The molecule has 6 rings (SSSR count). The average Bonchev–Trinajstić information content (AvgIpc) is 2.97. The van der Waals surface area contributed by atoms with Gasteiger partial charge in [-0.15, -0.1) is 0 Å². The number of carbonyl (C=O) groups is 1. The van der Waals surface area contributed by atoms with Crippen molar-refractivity contribution in [3.05, 3.63) is 113 Å². The molecule has 1 atom stereocenters. The number of benzene rings is 4. The number of esters is 1. The Morgan fingerprint density at radius 2 is 1.63 bits per heavy atom. The fourth-order valence-corrected chi connectivity index (χ4v) is 5.70. The summed E-state index contributed by atoms with van der Waals surface area (Å²) in [6, 6.07) is 26.5. The van der Waals surface area contributed by atoms with E-state index in [2.05, 4.69) is 49.4 Å². The van der Waals surface area contributed by atoms with Crippen LogP contribution in [0.2, 0.25) is 0 Å². The maximum Gasteiger partial charge on any atom is 0.339 e. The average molecular weight is 505 g/mol. The number of hydrogen-bond acceptors (Lipinski definition) is 4. The van der Waals surface area contributed by atoms with Gasteiger partial charge in [0.15, 0.2) is 5.60 Å². The standard InChI is InChI=1S/C34H32O4/c1-23-13-15-26(16-14-23)34(25-9-5-3-6-10-25)20-19-30-31(33(35)37-27-11-7-4-8-12-27)22-24-21-28(36-2)17-18-29(24)32(30)38-34/h3,5-6,9-10,13-22,27H,4,7-8,11-12H2,1-2H3. The molecule has 0 saturated heterocycles. The van der Waals surface area contributed by atoms with Crippen molar-refractivity contribution in [2.24, 2.45) is 0 Å². The van der Waals surface area contributed by atoms with Gasteiger partial charge in [0, 0.05) is 22.1 Å². The second-order valence-electron chi connectivity index (χ2n) is 10.3. The van der Waals surface area contributed by atoms with Crippen molar-refractivity contribution < 1.29 is 19.0 Å². The summed E-state index contributed by atoms with van der Waals surface area (Å²) in [5.74, 6) is 1.10. The molecule has 38 heavy (non-hydrogen) atoms. The molecule has 1 aliphatic carbocycles. The van der Waals surface area contributed by atoms with Gasteiger partial charge in [0.05, 0.1) is 12.7 Å². The van der Waals surface area contributed by atoms with Crippen LogP contribution in [0.3, 0.4) is 0 Å². The molecule has 0 aromatic heterocycles. The number of fused-ring (bicyclic) bond motifs is 3. The highest BCUT2D eigenvalue weighted by molar-refractivity contribution is 6.04. The van der Waals surface area contributed by atoms with Crippen LogP contribution in [0.15, 0.2) is 84.9 Å². The minimum absolute atomic E-state index is 0.0302. The SMILES string of the molecule is COc1ccc2c3c(c(C(=O)OC4CCCCC4)cc2c1)C=CC(c1ccccc1)(c1ccc(C)cc1)O3. The van der Waals surface area contributed by atoms with E-state index in [4.69, 9.17) is 14.2 Å². The Labute approximate surface area is 223 Å². The molecule has 4 aromatic carbocycles. The second-order valence-corrected chi connectivity index (χ2v) is 10.3. The Morgan fingerprint density at radius 1 is 0.895 bits per heavy atom. The van der Waals surface area contributed by atoms with Crippen LogP contribution in [-0.2, 0) is 10.3 Å². The quantitative estimate of drug-likeness (QED) is 0.258. The van der Waals surface area contributed by atoms with E-state index >= 15 is 0 Å². The van der Waals surface area contributed by atoms with E-state index in [-0.39, 0.29) is 12.1 Å². The summed E-state index contributed by atoms with van der Waals surface area (Å²) in [5.41, 5.74) is 3.65. The molecule has 1 unspecified atom stereocenters. The molecule has 4 nitrogen and oxygen atoms in total. The van der Waals surface area contributed by atoms with Gasteiger partial charge >= 0.3 is 5.97 Å². The predicted octanol–water partition coefficient (Wildman–Crippen LogP) is 8.00. The van der Waals surface area contributed by atoms with Gasteiger partial charge in [-0.25, -0.2) is 4.79 Å². The van der Waals surface area contributed by atoms with Gasteiger partial charge in [-0.05, 0) is 74.4 Å². The molecule has 1 fully saturated rings. The smallest absolute Gasteiger partial charge is 0.339 e. The van der Waals surface area contributed by atoms with E-state index in [1.807, 2.05) is 48.5 Å². The van der Waals surface area contributed by atoms with Crippen LogP contribution in [0, 0.1) is 6.92 Å². The Balaban J connectivity index is 1.53. The van der Waals surface area contributed by atoms with Crippen molar-refractivity contribution in [3.63, 3.8) is 0 Å².